The maximum Gasteiger partial charge on any atom is 0.209 e. The molecule has 0 aromatic carbocycles. The molecule has 0 amide bonds. The van der Waals surface area contributed by atoms with Crippen molar-refractivity contribution in [3.63, 3.8) is 0 Å². The molecule has 0 aliphatic heterocycles. The predicted molar refractivity (Wildman–Crippen MR) is 62.6 cm³/mol. The van der Waals surface area contributed by atoms with Gasteiger partial charge in [0.05, 0.1) is 12.5 Å². The molecule has 0 atom stereocenters. The van der Waals surface area contributed by atoms with Gasteiger partial charge in [-0.1, -0.05) is 0 Å². The lowest BCUT2D eigenvalue weighted by molar-refractivity contribution is 0.476. The average Bonchev–Trinajstić information content (AvgIpc) is 2.13. The number of hydrogen-bond donors (Lipinski definition) is 2. The lowest BCUT2D eigenvalue weighted by Crippen LogP contribution is -2.47. The molecule has 0 saturated heterocycles. The molecule has 1 heterocycles. The van der Waals surface area contributed by atoms with Crippen molar-refractivity contribution in [3.8, 4) is 0 Å². The van der Waals surface area contributed by atoms with E-state index in [0.29, 0.717) is 12.4 Å². The Hall–Kier alpha value is -1.21. The molecule has 1 aromatic heterocycles. The van der Waals surface area contributed by atoms with Gasteiger partial charge in [-0.2, -0.15) is 0 Å². The average molecular weight is 244 g/mol. The van der Waals surface area contributed by atoms with Crippen molar-refractivity contribution in [1.29, 1.82) is 0 Å². The Bertz CT molecular complexity index is 430. The number of aromatic nitrogens is 2. The molecule has 0 saturated carbocycles. The summed E-state index contributed by atoms with van der Waals surface area (Å²) < 4.78 is 24.7. The van der Waals surface area contributed by atoms with Crippen LogP contribution in [0, 0.1) is 0 Å². The lowest BCUT2D eigenvalue weighted by atomic mass is 10.1. The summed E-state index contributed by atoms with van der Waals surface area (Å²) in [7, 11) is -3.21. The number of nitrogens with zero attached hydrogens (tertiary/aromatic N) is 2. The van der Waals surface area contributed by atoms with Crippen molar-refractivity contribution < 1.29 is 8.42 Å². The third-order valence-electron chi connectivity index (χ3n) is 1.74. The molecule has 16 heavy (non-hydrogen) atoms. The normalized spacial score (nSPS) is 12.4. The largest absolute Gasteiger partial charge is 0.367 e. The zero-order valence-corrected chi connectivity index (χ0v) is 10.4. The van der Waals surface area contributed by atoms with E-state index < -0.39 is 15.6 Å². The van der Waals surface area contributed by atoms with Gasteiger partial charge < -0.3 is 5.32 Å². The Morgan fingerprint density at radius 3 is 2.56 bits per heavy atom. The predicted octanol–water partition coefficient (Wildman–Crippen LogP) is 0.216. The first-order chi connectivity index (χ1) is 7.29. The van der Waals surface area contributed by atoms with Gasteiger partial charge in [-0.15, -0.1) is 0 Å². The van der Waals surface area contributed by atoms with Crippen LogP contribution in [0.25, 0.3) is 0 Å². The van der Waals surface area contributed by atoms with Crippen molar-refractivity contribution in [2.75, 3.05) is 18.1 Å². The molecule has 6 nitrogen and oxygen atoms in total. The van der Waals surface area contributed by atoms with Crippen molar-refractivity contribution in [2.24, 2.45) is 0 Å². The number of sulfonamides is 1. The second-order valence-electron chi connectivity index (χ2n) is 4.20. The minimum absolute atomic E-state index is 0.429. The van der Waals surface area contributed by atoms with Crippen molar-refractivity contribution in [1.82, 2.24) is 14.7 Å². The van der Waals surface area contributed by atoms with Crippen LogP contribution in [0.4, 0.5) is 5.82 Å². The van der Waals surface area contributed by atoms with Crippen LogP contribution < -0.4 is 10.0 Å². The number of rotatable bonds is 5. The summed E-state index contributed by atoms with van der Waals surface area (Å²) in [6.45, 7) is 4.01. The fraction of sp³-hybridized carbons (Fsp3) is 0.556. The first-order valence-electron chi connectivity index (χ1n) is 4.77. The van der Waals surface area contributed by atoms with Crippen LogP contribution in [0.1, 0.15) is 13.8 Å². The quantitative estimate of drug-likeness (QED) is 0.774. The second-order valence-corrected chi connectivity index (χ2v) is 5.95. The molecule has 0 bridgehead atoms. The first-order valence-corrected chi connectivity index (χ1v) is 6.66. The van der Waals surface area contributed by atoms with Crippen LogP contribution in [0.5, 0.6) is 0 Å². The van der Waals surface area contributed by atoms with E-state index in [4.69, 9.17) is 0 Å². The molecule has 90 valence electrons. The third-order valence-corrected chi connectivity index (χ3v) is 2.66. The Morgan fingerprint density at radius 2 is 2.06 bits per heavy atom. The van der Waals surface area contributed by atoms with E-state index in [1.807, 2.05) is 0 Å². The summed E-state index contributed by atoms with van der Waals surface area (Å²) in [5.74, 6) is 0.617. The second kappa shape index (κ2) is 4.75. The van der Waals surface area contributed by atoms with E-state index in [9.17, 15) is 8.42 Å². The van der Waals surface area contributed by atoms with Crippen LogP contribution >= 0.6 is 0 Å². The maximum absolute atomic E-state index is 11.1. The van der Waals surface area contributed by atoms with Crippen molar-refractivity contribution in [3.05, 3.63) is 18.6 Å². The molecule has 0 spiro atoms. The number of nitrogens with one attached hydrogen (secondary N) is 2. The van der Waals surface area contributed by atoms with Crippen LogP contribution in [0.15, 0.2) is 18.6 Å². The summed E-state index contributed by atoms with van der Waals surface area (Å²) >= 11 is 0. The highest BCUT2D eigenvalue weighted by molar-refractivity contribution is 7.88. The van der Waals surface area contributed by atoms with E-state index >= 15 is 0 Å². The van der Waals surface area contributed by atoms with E-state index in [-0.39, 0.29) is 0 Å². The molecule has 2 N–H and O–H groups in total. The maximum atomic E-state index is 11.1. The minimum atomic E-state index is -3.21. The first kappa shape index (κ1) is 12.9. The molecule has 0 radical (unpaired) electrons. The van der Waals surface area contributed by atoms with Crippen LogP contribution in [0.3, 0.4) is 0 Å². The molecule has 1 rings (SSSR count). The molecule has 0 unspecified atom stereocenters. The minimum Gasteiger partial charge on any atom is -0.367 e. The van der Waals surface area contributed by atoms with Crippen molar-refractivity contribution in [2.45, 2.75) is 19.4 Å². The van der Waals surface area contributed by atoms with E-state index in [2.05, 4.69) is 20.0 Å². The zero-order valence-electron chi connectivity index (χ0n) is 9.56. The molecule has 1 aromatic rings. The number of hydrogen-bond acceptors (Lipinski definition) is 5. The highest BCUT2D eigenvalue weighted by Gasteiger charge is 2.21. The van der Waals surface area contributed by atoms with Gasteiger partial charge in [0.25, 0.3) is 0 Å². The van der Waals surface area contributed by atoms with Gasteiger partial charge in [-0.3, -0.25) is 4.98 Å². The summed E-state index contributed by atoms with van der Waals surface area (Å²) in [5.41, 5.74) is -0.578. The Kier molecular flexibility index (Phi) is 3.82. The van der Waals surface area contributed by atoms with E-state index in [0.717, 1.165) is 6.26 Å². The Morgan fingerprint density at radius 1 is 1.38 bits per heavy atom. The highest BCUT2D eigenvalue weighted by Crippen LogP contribution is 2.06. The molecular weight excluding hydrogens is 228 g/mol. The van der Waals surface area contributed by atoms with Gasteiger partial charge in [0, 0.05) is 24.5 Å². The van der Waals surface area contributed by atoms with Gasteiger partial charge in [0.2, 0.25) is 10.0 Å². The fourth-order valence-corrected chi connectivity index (χ4v) is 2.32. The topological polar surface area (TPSA) is 84.0 Å². The van der Waals surface area contributed by atoms with Gasteiger partial charge in [-0.25, -0.2) is 18.1 Å². The summed E-state index contributed by atoms with van der Waals surface area (Å²) in [6.07, 6.45) is 5.86. The molecule has 7 heteroatoms. The SMILES string of the molecule is CC(C)(CNc1cnccn1)NS(C)(=O)=O. The zero-order chi connectivity index (χ0) is 12.2. The van der Waals surface area contributed by atoms with Crippen LogP contribution in [-0.4, -0.2) is 36.7 Å². The van der Waals surface area contributed by atoms with Gasteiger partial charge >= 0.3 is 0 Å². The van der Waals surface area contributed by atoms with E-state index in [1.54, 1.807) is 32.4 Å². The fourth-order valence-electron chi connectivity index (χ4n) is 1.24. The summed E-state index contributed by atoms with van der Waals surface area (Å²) in [5, 5.41) is 3.01. The smallest absolute Gasteiger partial charge is 0.209 e. The summed E-state index contributed by atoms with van der Waals surface area (Å²) in [6, 6.07) is 0. The molecule has 0 aliphatic rings. The van der Waals surface area contributed by atoms with Gasteiger partial charge in [0.1, 0.15) is 5.82 Å². The van der Waals surface area contributed by atoms with E-state index in [1.165, 1.54) is 0 Å². The third kappa shape index (κ3) is 5.04. The molecule has 0 aliphatic carbocycles. The van der Waals surface area contributed by atoms with Crippen LogP contribution in [-0.2, 0) is 10.0 Å². The molecular formula is C9H16N4O2S. The monoisotopic (exact) mass is 244 g/mol. The highest BCUT2D eigenvalue weighted by atomic mass is 32.2. The summed E-state index contributed by atoms with van der Waals surface area (Å²) in [4.78, 5) is 7.92. The lowest BCUT2D eigenvalue weighted by Gasteiger charge is -2.25. The van der Waals surface area contributed by atoms with Gasteiger partial charge in [-0.05, 0) is 13.8 Å². The standard InChI is InChI=1S/C9H16N4O2S/c1-9(2,13-16(3,14)15)7-12-8-6-10-4-5-11-8/h4-6,13H,7H2,1-3H3,(H,11,12). The Balaban J connectivity index is 2.55. The number of anilines is 1. The van der Waals surface area contributed by atoms with Gasteiger partial charge in [0.15, 0.2) is 0 Å². The Labute approximate surface area is 95.6 Å². The van der Waals surface area contributed by atoms with Crippen molar-refractivity contribution >= 4 is 15.8 Å². The molecule has 0 fully saturated rings. The van der Waals surface area contributed by atoms with Crippen LogP contribution in [0.2, 0.25) is 0 Å².